The molecule has 0 amide bonds. The highest BCUT2D eigenvalue weighted by Gasteiger charge is 2.25. The molecule has 1 aliphatic carbocycles. The number of hydrogen-bond acceptors (Lipinski definition) is 0. The smallest absolute Gasteiger partial charge is 0.194 e. The van der Waals surface area contributed by atoms with Crippen LogP contribution in [0.5, 0.6) is 0 Å². The van der Waals surface area contributed by atoms with Crippen molar-refractivity contribution in [3.8, 4) is 0 Å². The molecule has 1 atom stereocenters. The Hall–Kier alpha value is -2.55. The second-order valence-corrected chi connectivity index (χ2v) is 8.60. The van der Waals surface area contributed by atoms with E-state index in [0.717, 1.165) is 44.2 Å². The topological polar surface area (TPSA) is 0 Å². The molecule has 0 aromatic heterocycles. The molecule has 1 fully saturated rings. The minimum Gasteiger partial charge on any atom is -0.204 e. The monoisotopic (exact) mass is 408 g/mol. The van der Waals surface area contributed by atoms with Crippen LogP contribution >= 0.6 is 0 Å². The van der Waals surface area contributed by atoms with Gasteiger partial charge in [-0.15, -0.1) is 0 Å². The fraction of sp³-hybridized carbons (Fsp3) is 0.333. The van der Waals surface area contributed by atoms with Gasteiger partial charge in [0, 0.05) is 0 Å². The Bertz CT molecular complexity index is 948. The molecule has 1 unspecified atom stereocenters. The number of rotatable bonds is 5. The van der Waals surface area contributed by atoms with Crippen LogP contribution in [0.4, 0.5) is 13.2 Å². The van der Waals surface area contributed by atoms with Crippen LogP contribution in [-0.2, 0) is 6.42 Å². The van der Waals surface area contributed by atoms with Crippen molar-refractivity contribution in [1.29, 1.82) is 0 Å². The van der Waals surface area contributed by atoms with Crippen LogP contribution in [0, 0.1) is 17.5 Å². The van der Waals surface area contributed by atoms with E-state index >= 15 is 0 Å². The van der Waals surface area contributed by atoms with Gasteiger partial charge in [0.05, 0.1) is 0 Å². The van der Waals surface area contributed by atoms with Crippen molar-refractivity contribution >= 4 is 0 Å². The van der Waals surface area contributed by atoms with Crippen LogP contribution in [0.25, 0.3) is 0 Å². The summed E-state index contributed by atoms with van der Waals surface area (Å²) in [4.78, 5) is 0. The first-order valence-electron chi connectivity index (χ1n) is 10.8. The van der Waals surface area contributed by atoms with Crippen molar-refractivity contribution in [3.05, 3.63) is 106 Å². The summed E-state index contributed by atoms with van der Waals surface area (Å²) in [5.74, 6) is -2.52. The molecule has 1 saturated carbocycles. The van der Waals surface area contributed by atoms with E-state index < -0.39 is 17.5 Å². The Labute approximate surface area is 176 Å². The zero-order valence-corrected chi connectivity index (χ0v) is 17.3. The van der Waals surface area contributed by atoms with Crippen molar-refractivity contribution in [1.82, 2.24) is 0 Å². The molecule has 1 aliphatic rings. The molecule has 3 aromatic carbocycles. The van der Waals surface area contributed by atoms with Gasteiger partial charge in [0.15, 0.2) is 17.5 Å². The van der Waals surface area contributed by atoms with Gasteiger partial charge in [0.1, 0.15) is 0 Å². The fourth-order valence-corrected chi connectivity index (χ4v) is 4.75. The summed E-state index contributed by atoms with van der Waals surface area (Å²) >= 11 is 0. The molecule has 0 N–H and O–H groups in total. The van der Waals surface area contributed by atoms with Crippen LogP contribution < -0.4 is 0 Å². The maximum Gasteiger partial charge on any atom is 0.194 e. The van der Waals surface area contributed by atoms with E-state index in [1.165, 1.54) is 16.7 Å². The first-order valence-corrected chi connectivity index (χ1v) is 10.8. The van der Waals surface area contributed by atoms with Gasteiger partial charge in [-0.05, 0) is 84.2 Å². The molecule has 0 heterocycles. The summed E-state index contributed by atoms with van der Waals surface area (Å²) in [6.07, 6.45) is 4.69. The van der Waals surface area contributed by atoms with E-state index in [4.69, 9.17) is 0 Å². The molecule has 0 aliphatic heterocycles. The molecule has 156 valence electrons. The van der Waals surface area contributed by atoms with Crippen LogP contribution in [0.1, 0.15) is 72.6 Å². The number of hydrogen-bond donors (Lipinski definition) is 0. The summed E-state index contributed by atoms with van der Waals surface area (Å²) in [5.41, 5.74) is 4.60. The molecule has 0 nitrogen and oxygen atoms in total. The quantitative estimate of drug-likeness (QED) is 0.377. The molecule has 3 aromatic rings. The Morgan fingerprint density at radius 1 is 0.733 bits per heavy atom. The SMILES string of the molecule is CC(Cc1ccc(C2CCC(c3cc(F)c(F)c(F)c3)CC2)cc1)c1ccccc1. The zero-order valence-electron chi connectivity index (χ0n) is 17.3. The third-order valence-corrected chi connectivity index (χ3v) is 6.57. The van der Waals surface area contributed by atoms with Crippen molar-refractivity contribution in [3.63, 3.8) is 0 Å². The number of halogens is 3. The lowest BCUT2D eigenvalue weighted by atomic mass is 9.76. The van der Waals surface area contributed by atoms with Gasteiger partial charge in [-0.25, -0.2) is 13.2 Å². The summed E-state index contributed by atoms with van der Waals surface area (Å²) < 4.78 is 40.3. The van der Waals surface area contributed by atoms with Gasteiger partial charge >= 0.3 is 0 Å². The first kappa shape index (κ1) is 20.7. The standard InChI is InChI=1S/C27H27F3/c1-18(20-5-3-2-4-6-20)15-19-7-9-21(10-8-19)22-11-13-23(14-12-22)24-16-25(28)27(30)26(29)17-24/h2-10,16-18,22-23H,11-15H2,1H3. The molecule has 30 heavy (non-hydrogen) atoms. The van der Waals surface area contributed by atoms with Crippen LogP contribution in [0.2, 0.25) is 0 Å². The van der Waals surface area contributed by atoms with Crippen molar-refractivity contribution in [2.45, 2.75) is 56.8 Å². The zero-order chi connectivity index (χ0) is 21.1. The van der Waals surface area contributed by atoms with Gasteiger partial charge in [0.2, 0.25) is 0 Å². The van der Waals surface area contributed by atoms with Crippen molar-refractivity contribution in [2.75, 3.05) is 0 Å². The lowest BCUT2D eigenvalue weighted by Gasteiger charge is -2.29. The Morgan fingerprint density at radius 3 is 1.83 bits per heavy atom. The van der Waals surface area contributed by atoms with Crippen LogP contribution in [0.15, 0.2) is 66.7 Å². The second kappa shape index (κ2) is 9.07. The normalized spacial score (nSPS) is 20.1. The predicted molar refractivity (Wildman–Crippen MR) is 115 cm³/mol. The summed E-state index contributed by atoms with van der Waals surface area (Å²) in [6.45, 7) is 2.26. The molecule has 0 bridgehead atoms. The molecule has 4 rings (SSSR count). The largest absolute Gasteiger partial charge is 0.204 e. The molecule has 0 spiro atoms. The summed E-state index contributed by atoms with van der Waals surface area (Å²) in [6, 6.07) is 21.8. The van der Waals surface area contributed by atoms with Gasteiger partial charge in [0.25, 0.3) is 0 Å². The average molecular weight is 409 g/mol. The average Bonchev–Trinajstić information content (AvgIpc) is 2.78. The van der Waals surface area contributed by atoms with Gasteiger partial charge in [-0.1, -0.05) is 61.5 Å². The van der Waals surface area contributed by atoms with E-state index in [0.29, 0.717) is 17.4 Å². The second-order valence-electron chi connectivity index (χ2n) is 8.60. The maximum atomic E-state index is 13.6. The Morgan fingerprint density at radius 2 is 1.27 bits per heavy atom. The van der Waals surface area contributed by atoms with Crippen LogP contribution in [-0.4, -0.2) is 0 Å². The number of benzene rings is 3. The van der Waals surface area contributed by atoms with Gasteiger partial charge < -0.3 is 0 Å². The Kier molecular flexibility index (Phi) is 6.26. The van der Waals surface area contributed by atoms with E-state index in [2.05, 4.69) is 55.5 Å². The highest BCUT2D eigenvalue weighted by molar-refractivity contribution is 5.30. The molecule has 0 radical (unpaired) electrons. The molecular weight excluding hydrogens is 381 g/mol. The summed E-state index contributed by atoms with van der Waals surface area (Å²) in [7, 11) is 0. The third-order valence-electron chi connectivity index (χ3n) is 6.57. The van der Waals surface area contributed by atoms with Gasteiger partial charge in [-0.2, -0.15) is 0 Å². The predicted octanol–water partition coefficient (Wildman–Crippen LogP) is 7.89. The lowest BCUT2D eigenvalue weighted by molar-refractivity contribution is 0.389. The van der Waals surface area contributed by atoms with Crippen LogP contribution in [0.3, 0.4) is 0 Å². The minimum absolute atomic E-state index is 0.0943. The first-order chi connectivity index (χ1) is 14.5. The minimum atomic E-state index is -1.38. The van der Waals surface area contributed by atoms with E-state index in [1.807, 2.05) is 6.07 Å². The maximum absolute atomic E-state index is 13.6. The lowest BCUT2D eigenvalue weighted by Crippen LogP contribution is -2.13. The summed E-state index contributed by atoms with van der Waals surface area (Å²) in [5, 5.41) is 0. The molecular formula is C27H27F3. The Balaban J connectivity index is 1.36. The van der Waals surface area contributed by atoms with E-state index in [9.17, 15) is 13.2 Å². The van der Waals surface area contributed by atoms with E-state index in [1.54, 1.807) is 0 Å². The van der Waals surface area contributed by atoms with Crippen molar-refractivity contribution in [2.24, 2.45) is 0 Å². The molecule has 3 heteroatoms. The van der Waals surface area contributed by atoms with Gasteiger partial charge in [-0.3, -0.25) is 0 Å². The highest BCUT2D eigenvalue weighted by Crippen LogP contribution is 2.41. The fourth-order valence-electron chi connectivity index (χ4n) is 4.75. The third kappa shape index (κ3) is 4.61. The highest BCUT2D eigenvalue weighted by atomic mass is 19.2. The van der Waals surface area contributed by atoms with Crippen molar-refractivity contribution < 1.29 is 13.2 Å². The molecule has 0 saturated heterocycles. The van der Waals surface area contributed by atoms with E-state index in [-0.39, 0.29) is 5.92 Å².